The number of hydrogen-bond donors (Lipinski definition) is 1. The quantitative estimate of drug-likeness (QED) is 0.827. The van der Waals surface area contributed by atoms with E-state index in [2.05, 4.69) is 5.32 Å². The van der Waals surface area contributed by atoms with Crippen molar-refractivity contribution in [3.05, 3.63) is 24.0 Å². The summed E-state index contributed by atoms with van der Waals surface area (Å²) in [5, 5.41) is 2.98. The molecule has 5 heteroatoms. The second kappa shape index (κ2) is 5.49. The van der Waals surface area contributed by atoms with Crippen LogP contribution in [-0.4, -0.2) is 20.7 Å². The van der Waals surface area contributed by atoms with Gasteiger partial charge in [0.25, 0.3) is 0 Å². The summed E-state index contributed by atoms with van der Waals surface area (Å²) in [6.45, 7) is 3.98. The molecular weight excluding hydrogens is 241 g/mol. The second-order valence-corrected chi connectivity index (χ2v) is 6.26. The van der Waals surface area contributed by atoms with Gasteiger partial charge in [0.05, 0.1) is 10.6 Å². The highest BCUT2D eigenvalue weighted by molar-refractivity contribution is 7.90. The maximum atomic E-state index is 13.5. The molecule has 96 valence electrons. The van der Waals surface area contributed by atoms with Crippen molar-refractivity contribution in [3.8, 4) is 0 Å². The summed E-state index contributed by atoms with van der Waals surface area (Å²) in [6.07, 6.45) is 3.00. The Morgan fingerprint density at radius 3 is 2.59 bits per heavy atom. The molecule has 0 saturated carbocycles. The predicted molar refractivity (Wildman–Crippen MR) is 67.5 cm³/mol. The molecular formula is C12H18FNO2S. The Balaban J connectivity index is 2.99. The Bertz CT molecular complexity index is 485. The summed E-state index contributed by atoms with van der Waals surface area (Å²) in [5.41, 5.74) is 0.244. The molecule has 1 aromatic carbocycles. The van der Waals surface area contributed by atoms with Crippen LogP contribution in [0.5, 0.6) is 0 Å². The molecule has 0 amide bonds. The largest absolute Gasteiger partial charge is 0.380 e. The summed E-state index contributed by atoms with van der Waals surface area (Å²) in [4.78, 5) is 0.130. The third-order valence-electron chi connectivity index (χ3n) is 2.49. The molecule has 0 aromatic heterocycles. The fourth-order valence-electron chi connectivity index (χ4n) is 1.62. The average molecular weight is 259 g/mol. The van der Waals surface area contributed by atoms with E-state index in [0.29, 0.717) is 0 Å². The topological polar surface area (TPSA) is 46.2 Å². The molecule has 1 unspecified atom stereocenters. The number of sulfone groups is 1. The molecule has 3 nitrogen and oxygen atoms in total. The SMILES string of the molecule is CCCC(C)Nc1cc(S(C)(=O)=O)ccc1F. The monoisotopic (exact) mass is 259 g/mol. The normalized spacial score (nSPS) is 13.4. The van der Waals surface area contributed by atoms with Gasteiger partial charge in [-0.05, 0) is 31.5 Å². The number of anilines is 1. The van der Waals surface area contributed by atoms with Crippen molar-refractivity contribution in [1.29, 1.82) is 0 Å². The van der Waals surface area contributed by atoms with Gasteiger partial charge in [-0.15, -0.1) is 0 Å². The van der Waals surface area contributed by atoms with Gasteiger partial charge in [0.15, 0.2) is 9.84 Å². The van der Waals surface area contributed by atoms with Crippen LogP contribution in [0, 0.1) is 5.82 Å². The minimum Gasteiger partial charge on any atom is -0.380 e. The molecule has 0 radical (unpaired) electrons. The minimum atomic E-state index is -3.30. The lowest BCUT2D eigenvalue weighted by Crippen LogP contribution is -2.16. The average Bonchev–Trinajstić information content (AvgIpc) is 2.20. The van der Waals surface area contributed by atoms with Gasteiger partial charge in [0.2, 0.25) is 0 Å². The molecule has 17 heavy (non-hydrogen) atoms. The summed E-state index contributed by atoms with van der Waals surface area (Å²) in [7, 11) is -3.30. The Kier molecular flexibility index (Phi) is 4.51. The Morgan fingerprint density at radius 1 is 1.41 bits per heavy atom. The van der Waals surface area contributed by atoms with E-state index in [4.69, 9.17) is 0 Å². The Morgan fingerprint density at radius 2 is 2.06 bits per heavy atom. The van der Waals surface area contributed by atoms with Gasteiger partial charge in [0, 0.05) is 12.3 Å². The first kappa shape index (κ1) is 14.0. The third-order valence-corrected chi connectivity index (χ3v) is 3.60. The van der Waals surface area contributed by atoms with E-state index in [-0.39, 0.29) is 16.6 Å². The van der Waals surface area contributed by atoms with Gasteiger partial charge in [-0.3, -0.25) is 0 Å². The van der Waals surface area contributed by atoms with Crippen molar-refractivity contribution in [2.24, 2.45) is 0 Å². The molecule has 0 aliphatic rings. The highest BCUT2D eigenvalue weighted by Gasteiger charge is 2.12. The molecule has 0 aliphatic heterocycles. The molecule has 0 saturated heterocycles. The van der Waals surface area contributed by atoms with E-state index in [1.165, 1.54) is 18.2 Å². The Hall–Kier alpha value is -1.10. The van der Waals surface area contributed by atoms with Crippen LogP contribution in [0.4, 0.5) is 10.1 Å². The second-order valence-electron chi connectivity index (χ2n) is 4.25. The Labute approximate surface area is 102 Å². The van der Waals surface area contributed by atoms with E-state index in [1.54, 1.807) is 0 Å². The van der Waals surface area contributed by atoms with Crippen LogP contribution in [0.1, 0.15) is 26.7 Å². The molecule has 0 fully saturated rings. The van der Waals surface area contributed by atoms with E-state index in [9.17, 15) is 12.8 Å². The molecule has 1 aromatic rings. The standard InChI is InChI=1S/C12H18FNO2S/c1-4-5-9(2)14-12-8-10(17(3,15)16)6-7-11(12)13/h6-9,14H,4-5H2,1-3H3. The molecule has 1 atom stereocenters. The molecule has 1 N–H and O–H groups in total. The van der Waals surface area contributed by atoms with E-state index in [1.807, 2.05) is 13.8 Å². The maximum absolute atomic E-state index is 13.5. The zero-order valence-electron chi connectivity index (χ0n) is 10.3. The van der Waals surface area contributed by atoms with E-state index >= 15 is 0 Å². The van der Waals surface area contributed by atoms with Crippen molar-refractivity contribution < 1.29 is 12.8 Å². The van der Waals surface area contributed by atoms with Crippen LogP contribution < -0.4 is 5.32 Å². The molecule has 0 spiro atoms. The van der Waals surface area contributed by atoms with Crippen LogP contribution >= 0.6 is 0 Å². The van der Waals surface area contributed by atoms with Gasteiger partial charge >= 0.3 is 0 Å². The van der Waals surface area contributed by atoms with Gasteiger partial charge in [-0.1, -0.05) is 13.3 Å². The zero-order chi connectivity index (χ0) is 13.1. The van der Waals surface area contributed by atoms with Crippen LogP contribution in [0.15, 0.2) is 23.1 Å². The van der Waals surface area contributed by atoms with Gasteiger partial charge in [-0.25, -0.2) is 12.8 Å². The van der Waals surface area contributed by atoms with Crippen LogP contribution in [-0.2, 0) is 9.84 Å². The van der Waals surface area contributed by atoms with Crippen molar-refractivity contribution in [3.63, 3.8) is 0 Å². The van der Waals surface area contributed by atoms with Crippen molar-refractivity contribution in [1.82, 2.24) is 0 Å². The van der Waals surface area contributed by atoms with Crippen LogP contribution in [0.3, 0.4) is 0 Å². The minimum absolute atomic E-state index is 0.115. The number of halogens is 1. The summed E-state index contributed by atoms with van der Waals surface area (Å²) in [6, 6.07) is 3.92. The predicted octanol–water partition coefficient (Wildman–Crippen LogP) is 2.83. The lowest BCUT2D eigenvalue weighted by atomic mass is 10.2. The highest BCUT2D eigenvalue weighted by Crippen LogP contribution is 2.20. The molecule has 0 aliphatic carbocycles. The van der Waals surface area contributed by atoms with Gasteiger partial charge < -0.3 is 5.32 Å². The van der Waals surface area contributed by atoms with E-state index in [0.717, 1.165) is 19.1 Å². The highest BCUT2D eigenvalue weighted by atomic mass is 32.2. The molecule has 0 heterocycles. The number of hydrogen-bond acceptors (Lipinski definition) is 3. The summed E-state index contributed by atoms with van der Waals surface area (Å²) >= 11 is 0. The zero-order valence-corrected chi connectivity index (χ0v) is 11.1. The van der Waals surface area contributed by atoms with E-state index < -0.39 is 15.7 Å². The maximum Gasteiger partial charge on any atom is 0.175 e. The van der Waals surface area contributed by atoms with Crippen LogP contribution in [0.25, 0.3) is 0 Å². The fourth-order valence-corrected chi connectivity index (χ4v) is 2.26. The summed E-state index contributed by atoms with van der Waals surface area (Å²) in [5.74, 6) is -0.430. The first-order valence-electron chi connectivity index (χ1n) is 5.60. The van der Waals surface area contributed by atoms with Gasteiger partial charge in [0.1, 0.15) is 5.82 Å². The van der Waals surface area contributed by atoms with Crippen molar-refractivity contribution in [2.75, 3.05) is 11.6 Å². The number of nitrogens with one attached hydrogen (secondary N) is 1. The number of rotatable bonds is 5. The van der Waals surface area contributed by atoms with Gasteiger partial charge in [-0.2, -0.15) is 0 Å². The third kappa shape index (κ3) is 4.00. The van der Waals surface area contributed by atoms with Crippen LogP contribution in [0.2, 0.25) is 0 Å². The lowest BCUT2D eigenvalue weighted by Gasteiger charge is -2.15. The smallest absolute Gasteiger partial charge is 0.175 e. The fraction of sp³-hybridized carbons (Fsp3) is 0.500. The summed E-state index contributed by atoms with van der Waals surface area (Å²) < 4.78 is 36.2. The van der Waals surface area contributed by atoms with Crippen molar-refractivity contribution >= 4 is 15.5 Å². The molecule has 0 bridgehead atoms. The first-order chi connectivity index (χ1) is 7.84. The van der Waals surface area contributed by atoms with Crippen molar-refractivity contribution in [2.45, 2.75) is 37.6 Å². The molecule has 1 rings (SSSR count). The first-order valence-corrected chi connectivity index (χ1v) is 7.50. The lowest BCUT2D eigenvalue weighted by molar-refractivity contribution is 0.599. The number of benzene rings is 1.